The molecule has 1 aromatic carbocycles. The molecular formula is C21H11F6N3O3S2. The maximum atomic E-state index is 13.5. The number of nitrogens with zero attached hydrogens (tertiary/aromatic N) is 3. The zero-order chi connectivity index (χ0) is 25.6. The summed E-state index contributed by atoms with van der Waals surface area (Å²) >= 11 is 0.749. The van der Waals surface area contributed by atoms with Gasteiger partial charge in [-0.05, 0) is 42.0 Å². The van der Waals surface area contributed by atoms with Crippen molar-refractivity contribution in [3.63, 3.8) is 0 Å². The van der Waals surface area contributed by atoms with Crippen molar-refractivity contribution in [3.8, 4) is 33.1 Å². The number of hydrogen-bond donors (Lipinski definition) is 1. The third kappa shape index (κ3) is 5.49. The lowest BCUT2D eigenvalue weighted by Gasteiger charge is -2.12. The van der Waals surface area contributed by atoms with Gasteiger partial charge in [-0.3, -0.25) is 9.54 Å². The van der Waals surface area contributed by atoms with E-state index in [1.165, 1.54) is 30.3 Å². The number of rotatable bonds is 4. The van der Waals surface area contributed by atoms with E-state index >= 15 is 0 Å². The molecule has 0 unspecified atom stereocenters. The van der Waals surface area contributed by atoms with Crippen LogP contribution in [0.1, 0.15) is 11.4 Å². The number of aromatic nitrogens is 3. The van der Waals surface area contributed by atoms with E-state index < -0.39 is 33.9 Å². The summed E-state index contributed by atoms with van der Waals surface area (Å²) in [7, 11) is -4.43. The second-order valence-electron chi connectivity index (χ2n) is 7.06. The van der Waals surface area contributed by atoms with Crippen LogP contribution in [0.15, 0.2) is 65.0 Å². The van der Waals surface area contributed by atoms with Crippen molar-refractivity contribution in [1.82, 2.24) is 15.0 Å². The molecule has 6 nitrogen and oxygen atoms in total. The van der Waals surface area contributed by atoms with Gasteiger partial charge in [0, 0.05) is 22.2 Å². The average Bonchev–Trinajstić information content (AvgIpc) is 3.29. The summed E-state index contributed by atoms with van der Waals surface area (Å²) in [4.78, 5) is 11.3. The molecule has 182 valence electrons. The molecule has 0 fully saturated rings. The van der Waals surface area contributed by atoms with Gasteiger partial charge in [-0.2, -0.15) is 34.8 Å². The highest BCUT2D eigenvalue weighted by Gasteiger charge is 2.35. The molecule has 0 saturated carbocycles. The average molecular weight is 531 g/mol. The van der Waals surface area contributed by atoms with Gasteiger partial charge in [0.2, 0.25) is 0 Å². The van der Waals surface area contributed by atoms with E-state index in [0.29, 0.717) is 22.6 Å². The molecular weight excluding hydrogens is 520 g/mol. The van der Waals surface area contributed by atoms with Gasteiger partial charge in [-0.15, -0.1) is 11.3 Å². The molecule has 0 aliphatic rings. The van der Waals surface area contributed by atoms with Gasteiger partial charge < -0.3 is 0 Å². The monoisotopic (exact) mass is 531 g/mol. The van der Waals surface area contributed by atoms with E-state index in [1.807, 2.05) is 0 Å². The van der Waals surface area contributed by atoms with Crippen molar-refractivity contribution in [2.45, 2.75) is 16.6 Å². The number of pyridine rings is 1. The molecule has 1 N–H and O–H groups in total. The highest BCUT2D eigenvalue weighted by molar-refractivity contribution is 7.88. The topological polar surface area (TPSA) is 93.0 Å². The Kier molecular flexibility index (Phi) is 6.15. The molecule has 3 aromatic heterocycles. The summed E-state index contributed by atoms with van der Waals surface area (Å²) in [5.74, 6) is -0.358. The highest BCUT2D eigenvalue weighted by atomic mass is 32.3. The van der Waals surface area contributed by atoms with Gasteiger partial charge >= 0.3 is 22.5 Å². The number of alkyl halides is 6. The van der Waals surface area contributed by atoms with Crippen molar-refractivity contribution in [3.05, 3.63) is 72.2 Å². The smallest absolute Gasteiger partial charge is 0.281 e. The minimum Gasteiger partial charge on any atom is -0.281 e. The van der Waals surface area contributed by atoms with E-state index in [-0.39, 0.29) is 26.9 Å². The minimum absolute atomic E-state index is 0.0839. The van der Waals surface area contributed by atoms with Crippen molar-refractivity contribution in [2.75, 3.05) is 0 Å². The fraction of sp³-hybridized carbons (Fsp3) is 0.0952. The van der Waals surface area contributed by atoms with Crippen LogP contribution in [0.5, 0.6) is 0 Å². The highest BCUT2D eigenvalue weighted by Crippen LogP contribution is 2.35. The summed E-state index contributed by atoms with van der Waals surface area (Å²) in [6, 6.07) is 10.7. The third-order valence-corrected chi connectivity index (χ3v) is 7.06. The normalized spacial score (nSPS) is 12.7. The Labute approximate surface area is 197 Å². The maximum absolute atomic E-state index is 13.5. The van der Waals surface area contributed by atoms with E-state index in [4.69, 9.17) is 0 Å². The molecule has 4 aromatic rings. The maximum Gasteiger partial charge on any atom is 0.433 e. The fourth-order valence-corrected chi connectivity index (χ4v) is 4.67. The Morgan fingerprint density at radius 2 is 1.46 bits per heavy atom. The van der Waals surface area contributed by atoms with Crippen molar-refractivity contribution < 1.29 is 39.3 Å². The summed E-state index contributed by atoms with van der Waals surface area (Å²) in [5, 5.41) is 0. The van der Waals surface area contributed by atoms with Gasteiger partial charge in [-0.1, -0.05) is 18.2 Å². The molecule has 0 radical (unpaired) electrons. The first kappa shape index (κ1) is 24.8. The van der Waals surface area contributed by atoms with E-state index in [1.54, 1.807) is 6.07 Å². The van der Waals surface area contributed by atoms with Crippen molar-refractivity contribution >= 4 is 21.5 Å². The molecule has 3 heterocycles. The molecule has 14 heteroatoms. The summed E-state index contributed by atoms with van der Waals surface area (Å²) in [6.45, 7) is 0. The molecule has 0 amide bonds. The second kappa shape index (κ2) is 8.70. The number of benzene rings is 1. The molecule has 0 spiro atoms. The summed E-state index contributed by atoms with van der Waals surface area (Å²) in [5.41, 5.74) is -2.34. The van der Waals surface area contributed by atoms with Crippen molar-refractivity contribution in [2.24, 2.45) is 0 Å². The second-order valence-corrected chi connectivity index (χ2v) is 9.80. The SMILES string of the molecule is O=S(=O)(O)c1ccc(-c2cccc(-c3nc(-c4ccc(C(F)(F)F)nc4)cc(C(F)(F)F)n3)c2)s1. The van der Waals surface area contributed by atoms with Gasteiger partial charge in [0.15, 0.2) is 5.82 Å². The first-order chi connectivity index (χ1) is 16.2. The summed E-state index contributed by atoms with van der Waals surface area (Å²) < 4.78 is 110. The number of hydrogen-bond acceptors (Lipinski definition) is 6. The quantitative estimate of drug-likeness (QED) is 0.248. The predicted octanol–water partition coefficient (Wildman–Crippen LogP) is 6.22. The van der Waals surface area contributed by atoms with Gasteiger partial charge in [0.25, 0.3) is 0 Å². The van der Waals surface area contributed by atoms with Crippen LogP contribution < -0.4 is 0 Å². The van der Waals surface area contributed by atoms with Crippen LogP contribution in [-0.2, 0) is 22.5 Å². The predicted molar refractivity (Wildman–Crippen MR) is 114 cm³/mol. The molecule has 0 bridgehead atoms. The first-order valence-electron chi connectivity index (χ1n) is 9.40. The van der Waals surface area contributed by atoms with Gasteiger partial charge in [0.1, 0.15) is 15.6 Å². The standard InChI is InChI=1S/C21H11F6N3O3S2/c22-20(23,24)16-6-4-13(10-28-16)14-9-17(21(25,26)27)30-19(29-14)12-3-1-2-11(8-12)15-5-7-18(34-15)35(31,32)33/h1-10H,(H,31,32,33). The lowest BCUT2D eigenvalue weighted by atomic mass is 10.1. The molecule has 35 heavy (non-hydrogen) atoms. The minimum atomic E-state index is -4.87. The lowest BCUT2D eigenvalue weighted by molar-refractivity contribution is -0.141. The Balaban J connectivity index is 1.80. The van der Waals surface area contributed by atoms with Gasteiger partial charge in [-0.25, -0.2) is 9.97 Å². The molecule has 0 saturated heterocycles. The Hall–Kier alpha value is -3.36. The fourth-order valence-electron chi connectivity index (χ4n) is 3.01. The van der Waals surface area contributed by atoms with Crippen LogP contribution >= 0.6 is 11.3 Å². The van der Waals surface area contributed by atoms with Crippen LogP contribution in [0.2, 0.25) is 0 Å². The van der Waals surface area contributed by atoms with Crippen LogP contribution in [-0.4, -0.2) is 27.9 Å². The number of thiophene rings is 1. The Bertz CT molecular complexity index is 1500. The summed E-state index contributed by atoms with van der Waals surface area (Å²) in [6.07, 6.45) is -8.82. The van der Waals surface area contributed by atoms with E-state index in [9.17, 15) is 39.3 Å². The first-order valence-corrected chi connectivity index (χ1v) is 11.7. The zero-order valence-corrected chi connectivity index (χ0v) is 18.6. The zero-order valence-electron chi connectivity index (χ0n) is 17.0. The van der Waals surface area contributed by atoms with Crippen LogP contribution in [0, 0.1) is 0 Å². The Morgan fingerprint density at radius 1 is 0.771 bits per heavy atom. The van der Waals surface area contributed by atoms with E-state index in [2.05, 4.69) is 15.0 Å². The third-order valence-electron chi connectivity index (χ3n) is 4.61. The van der Waals surface area contributed by atoms with Crippen LogP contribution in [0.25, 0.3) is 33.1 Å². The van der Waals surface area contributed by atoms with E-state index in [0.717, 1.165) is 23.6 Å². The largest absolute Gasteiger partial charge is 0.433 e. The molecule has 4 rings (SSSR count). The molecule has 0 aliphatic heterocycles. The molecule has 0 aliphatic carbocycles. The lowest BCUT2D eigenvalue weighted by Crippen LogP contribution is -2.11. The Morgan fingerprint density at radius 3 is 2.03 bits per heavy atom. The number of halogens is 6. The van der Waals surface area contributed by atoms with Crippen molar-refractivity contribution in [1.29, 1.82) is 0 Å². The van der Waals surface area contributed by atoms with Gasteiger partial charge in [0.05, 0.1) is 5.69 Å². The van der Waals surface area contributed by atoms with Crippen LogP contribution in [0.4, 0.5) is 26.3 Å². The molecule has 0 atom stereocenters. The van der Waals surface area contributed by atoms with Crippen LogP contribution in [0.3, 0.4) is 0 Å².